The van der Waals surface area contributed by atoms with E-state index in [4.69, 9.17) is 5.73 Å². The van der Waals surface area contributed by atoms with E-state index in [9.17, 15) is 8.78 Å². The molecule has 1 atom stereocenters. The zero-order valence-corrected chi connectivity index (χ0v) is 11.6. The lowest BCUT2D eigenvalue weighted by Gasteiger charge is -2.14. The van der Waals surface area contributed by atoms with E-state index >= 15 is 0 Å². The molecule has 2 rings (SSSR count). The average molecular weight is 279 g/mol. The predicted octanol–water partition coefficient (Wildman–Crippen LogP) is 4.44. The molecule has 0 saturated carbocycles. The lowest BCUT2D eigenvalue weighted by molar-refractivity contribution is 0.610. The van der Waals surface area contributed by atoms with Crippen LogP contribution in [0.25, 0.3) is 0 Å². The van der Waals surface area contributed by atoms with Gasteiger partial charge in [0, 0.05) is 15.8 Å². The summed E-state index contributed by atoms with van der Waals surface area (Å²) in [4.78, 5) is 1.80. The normalized spacial score (nSPS) is 12.5. The largest absolute Gasteiger partial charge is 0.324 e. The molecule has 0 aromatic heterocycles. The Bertz CT molecular complexity index is 579. The summed E-state index contributed by atoms with van der Waals surface area (Å²) in [5.74, 6) is -0.525. The van der Waals surface area contributed by atoms with Gasteiger partial charge in [-0.3, -0.25) is 0 Å². The van der Waals surface area contributed by atoms with Gasteiger partial charge in [0.1, 0.15) is 11.6 Å². The van der Waals surface area contributed by atoms with Gasteiger partial charge in [0.05, 0.1) is 0 Å². The first kappa shape index (κ1) is 14.0. The molecule has 0 radical (unpaired) electrons. The SMILES string of the molecule is Cc1cc(Sc2ccc(F)cc2)c([C@@H](C)N)cc1F. The average Bonchev–Trinajstić information content (AvgIpc) is 2.36. The summed E-state index contributed by atoms with van der Waals surface area (Å²) in [6, 6.07) is 9.22. The maximum atomic E-state index is 13.6. The topological polar surface area (TPSA) is 26.0 Å². The number of aryl methyl sites for hydroxylation is 1. The summed E-state index contributed by atoms with van der Waals surface area (Å²) < 4.78 is 26.5. The highest BCUT2D eigenvalue weighted by Gasteiger charge is 2.12. The van der Waals surface area contributed by atoms with E-state index in [0.717, 1.165) is 15.4 Å². The Morgan fingerprint density at radius 3 is 2.32 bits per heavy atom. The maximum Gasteiger partial charge on any atom is 0.126 e. The van der Waals surface area contributed by atoms with Gasteiger partial charge < -0.3 is 5.73 Å². The first-order valence-corrected chi connectivity index (χ1v) is 6.78. The second-order valence-corrected chi connectivity index (χ2v) is 5.60. The summed E-state index contributed by atoms with van der Waals surface area (Å²) in [6.07, 6.45) is 0. The molecule has 2 N–H and O–H groups in total. The van der Waals surface area contributed by atoms with Gasteiger partial charge in [0.25, 0.3) is 0 Å². The van der Waals surface area contributed by atoms with Crippen molar-refractivity contribution in [3.8, 4) is 0 Å². The molecule has 4 heteroatoms. The third-order valence-electron chi connectivity index (χ3n) is 2.82. The Labute approximate surface area is 115 Å². The predicted molar refractivity (Wildman–Crippen MR) is 74.3 cm³/mol. The van der Waals surface area contributed by atoms with Crippen LogP contribution in [-0.4, -0.2) is 0 Å². The van der Waals surface area contributed by atoms with E-state index in [2.05, 4.69) is 0 Å². The van der Waals surface area contributed by atoms with Crippen LogP contribution < -0.4 is 5.73 Å². The number of benzene rings is 2. The van der Waals surface area contributed by atoms with Crippen LogP contribution in [0.4, 0.5) is 8.78 Å². The molecular formula is C15H15F2NS. The van der Waals surface area contributed by atoms with Gasteiger partial charge in [0.15, 0.2) is 0 Å². The standard InChI is InChI=1S/C15H15F2NS/c1-9-7-15(13(10(2)18)8-14(9)17)19-12-5-3-11(16)4-6-12/h3-8,10H,18H2,1-2H3/t10-/m1/s1. The number of hydrogen-bond acceptors (Lipinski definition) is 2. The van der Waals surface area contributed by atoms with Crippen molar-refractivity contribution in [1.29, 1.82) is 0 Å². The first-order chi connectivity index (χ1) is 8.97. The Kier molecular flexibility index (Phi) is 4.22. The molecule has 0 unspecified atom stereocenters. The van der Waals surface area contributed by atoms with Gasteiger partial charge in [-0.25, -0.2) is 8.78 Å². The molecule has 0 aliphatic heterocycles. The van der Waals surface area contributed by atoms with Gasteiger partial charge >= 0.3 is 0 Å². The molecular weight excluding hydrogens is 264 g/mol. The van der Waals surface area contributed by atoms with E-state index in [0.29, 0.717) is 5.56 Å². The van der Waals surface area contributed by atoms with Crippen molar-refractivity contribution in [1.82, 2.24) is 0 Å². The second kappa shape index (κ2) is 5.72. The Morgan fingerprint density at radius 2 is 1.74 bits per heavy atom. The third-order valence-corrected chi connectivity index (χ3v) is 3.90. The Hall–Kier alpha value is -1.39. The van der Waals surface area contributed by atoms with Crippen LogP contribution in [-0.2, 0) is 0 Å². The van der Waals surface area contributed by atoms with Crippen molar-refractivity contribution in [3.63, 3.8) is 0 Å². The van der Waals surface area contributed by atoms with Crippen molar-refractivity contribution in [2.45, 2.75) is 29.7 Å². The second-order valence-electron chi connectivity index (χ2n) is 4.48. The molecule has 0 spiro atoms. The lowest BCUT2D eigenvalue weighted by Crippen LogP contribution is -2.07. The molecule has 0 fully saturated rings. The van der Waals surface area contributed by atoms with Crippen LogP contribution in [0.15, 0.2) is 46.2 Å². The molecule has 2 aromatic carbocycles. The summed E-state index contributed by atoms with van der Waals surface area (Å²) >= 11 is 1.46. The Balaban J connectivity index is 2.38. The molecule has 0 aliphatic carbocycles. The van der Waals surface area contributed by atoms with Crippen LogP contribution in [0.5, 0.6) is 0 Å². The van der Waals surface area contributed by atoms with Crippen molar-refractivity contribution >= 4 is 11.8 Å². The van der Waals surface area contributed by atoms with Crippen LogP contribution in [0.3, 0.4) is 0 Å². The van der Waals surface area contributed by atoms with Crippen LogP contribution in [0.2, 0.25) is 0 Å². The number of nitrogens with two attached hydrogens (primary N) is 1. The molecule has 0 bridgehead atoms. The lowest BCUT2D eigenvalue weighted by atomic mass is 10.1. The summed E-state index contributed by atoms with van der Waals surface area (Å²) in [5.41, 5.74) is 7.21. The molecule has 0 aliphatic rings. The molecule has 0 amide bonds. The minimum absolute atomic E-state index is 0.252. The van der Waals surface area contributed by atoms with Crippen LogP contribution in [0, 0.1) is 18.6 Å². The van der Waals surface area contributed by atoms with Crippen LogP contribution in [0.1, 0.15) is 24.1 Å². The van der Waals surface area contributed by atoms with E-state index in [1.807, 2.05) is 6.92 Å². The van der Waals surface area contributed by atoms with Gasteiger partial charge in [-0.2, -0.15) is 0 Å². The Morgan fingerprint density at radius 1 is 1.11 bits per heavy atom. The molecule has 0 saturated heterocycles. The van der Waals surface area contributed by atoms with E-state index in [1.54, 1.807) is 25.1 Å². The molecule has 1 nitrogen and oxygen atoms in total. The van der Waals surface area contributed by atoms with E-state index in [1.165, 1.54) is 30.0 Å². The molecule has 19 heavy (non-hydrogen) atoms. The van der Waals surface area contributed by atoms with Crippen molar-refractivity contribution < 1.29 is 8.78 Å². The van der Waals surface area contributed by atoms with Gasteiger partial charge in [-0.15, -0.1) is 0 Å². The fourth-order valence-electron chi connectivity index (χ4n) is 1.74. The smallest absolute Gasteiger partial charge is 0.126 e. The molecule has 0 heterocycles. The minimum atomic E-state index is -0.271. The fraction of sp³-hybridized carbons (Fsp3) is 0.200. The molecule has 2 aromatic rings. The summed E-state index contributed by atoms with van der Waals surface area (Å²) in [5, 5.41) is 0. The number of hydrogen-bond donors (Lipinski definition) is 1. The third kappa shape index (κ3) is 3.33. The summed E-state index contributed by atoms with van der Waals surface area (Å²) in [6.45, 7) is 3.54. The highest BCUT2D eigenvalue weighted by atomic mass is 32.2. The van der Waals surface area contributed by atoms with Crippen molar-refractivity contribution in [2.75, 3.05) is 0 Å². The number of rotatable bonds is 3. The number of halogens is 2. The zero-order valence-electron chi connectivity index (χ0n) is 10.8. The summed E-state index contributed by atoms with van der Waals surface area (Å²) in [7, 11) is 0. The van der Waals surface area contributed by atoms with E-state index < -0.39 is 0 Å². The van der Waals surface area contributed by atoms with Crippen molar-refractivity contribution in [3.05, 3.63) is 59.2 Å². The monoisotopic (exact) mass is 279 g/mol. The van der Waals surface area contributed by atoms with Crippen LogP contribution >= 0.6 is 11.8 Å². The van der Waals surface area contributed by atoms with Crippen molar-refractivity contribution in [2.24, 2.45) is 5.73 Å². The molecule has 100 valence electrons. The first-order valence-electron chi connectivity index (χ1n) is 5.96. The minimum Gasteiger partial charge on any atom is -0.324 e. The van der Waals surface area contributed by atoms with Gasteiger partial charge in [-0.05, 0) is 61.4 Å². The zero-order chi connectivity index (χ0) is 14.0. The van der Waals surface area contributed by atoms with Gasteiger partial charge in [-0.1, -0.05) is 11.8 Å². The van der Waals surface area contributed by atoms with Gasteiger partial charge in [0.2, 0.25) is 0 Å². The highest BCUT2D eigenvalue weighted by Crippen LogP contribution is 2.34. The maximum absolute atomic E-state index is 13.6. The fourth-order valence-corrected chi connectivity index (χ4v) is 2.87. The quantitative estimate of drug-likeness (QED) is 0.898. The van der Waals surface area contributed by atoms with E-state index in [-0.39, 0.29) is 17.7 Å². The highest BCUT2D eigenvalue weighted by molar-refractivity contribution is 7.99.